The predicted octanol–water partition coefficient (Wildman–Crippen LogP) is 6.11. The van der Waals surface area contributed by atoms with Crippen molar-refractivity contribution in [2.24, 2.45) is 13.0 Å². The molecule has 2 saturated heterocycles. The number of likely N-dealkylation sites (tertiary alicyclic amines) is 1. The molecular formula is C41H41N5O7S. The summed E-state index contributed by atoms with van der Waals surface area (Å²) >= 11 is 1.59. The highest BCUT2D eigenvalue weighted by atomic mass is 32.2. The second-order valence-electron chi connectivity index (χ2n) is 13.5. The first-order valence-electron chi connectivity index (χ1n) is 17.7. The molecule has 12 nitrogen and oxygen atoms in total. The molecule has 7 rings (SSSR count). The van der Waals surface area contributed by atoms with Crippen LogP contribution in [0.15, 0.2) is 115 Å². The third kappa shape index (κ3) is 8.55. The number of nitrogens with zero attached hydrogens (tertiary/aromatic N) is 4. The van der Waals surface area contributed by atoms with Crippen LogP contribution in [0.2, 0.25) is 0 Å². The molecule has 4 aromatic carbocycles. The molecule has 1 aromatic heterocycles. The lowest BCUT2D eigenvalue weighted by Crippen LogP contribution is -2.41. The van der Waals surface area contributed by atoms with E-state index in [1.807, 2.05) is 115 Å². The maximum Gasteiger partial charge on any atom is 0.408 e. The quantitative estimate of drug-likeness (QED) is 0.113. The van der Waals surface area contributed by atoms with Crippen LogP contribution in [-0.2, 0) is 50.6 Å². The molecule has 54 heavy (non-hydrogen) atoms. The van der Waals surface area contributed by atoms with Crippen molar-refractivity contribution in [1.29, 1.82) is 0 Å². The summed E-state index contributed by atoms with van der Waals surface area (Å²) in [6, 6.07) is 31.7. The Morgan fingerprint density at radius 2 is 1.65 bits per heavy atom. The highest BCUT2D eigenvalue weighted by Gasteiger charge is 2.40. The number of carbonyl (C=O) groups excluding carboxylic acids is 3. The van der Waals surface area contributed by atoms with Crippen LogP contribution in [0.1, 0.15) is 53.6 Å². The van der Waals surface area contributed by atoms with Crippen LogP contribution in [0, 0.1) is 5.92 Å². The molecule has 2 aliphatic rings. The van der Waals surface area contributed by atoms with Crippen molar-refractivity contribution in [1.82, 2.24) is 25.0 Å². The van der Waals surface area contributed by atoms with Gasteiger partial charge in [-0.05, 0) is 39.4 Å². The average molecular weight is 748 g/mol. The number of rotatable bonds is 12. The number of alkyl carbamates (subject to hydrolysis) is 1. The summed E-state index contributed by atoms with van der Waals surface area (Å²) in [5.74, 6) is -0.149. The number of ether oxygens (including phenoxy) is 3. The van der Waals surface area contributed by atoms with Crippen molar-refractivity contribution < 1.29 is 33.7 Å². The third-order valence-corrected chi connectivity index (χ3v) is 10.8. The Hall–Kier alpha value is -5.34. The summed E-state index contributed by atoms with van der Waals surface area (Å²) in [6.07, 6.45) is -0.231. The molecule has 0 aliphatic carbocycles. The van der Waals surface area contributed by atoms with Gasteiger partial charge < -0.3 is 29.2 Å². The molecule has 2 aliphatic heterocycles. The first-order valence-corrected chi connectivity index (χ1v) is 18.7. The normalized spacial score (nSPS) is 21.3. The minimum absolute atomic E-state index is 0.0258. The van der Waals surface area contributed by atoms with Gasteiger partial charge >= 0.3 is 6.09 Å². The molecule has 2 N–H and O–H groups in total. The van der Waals surface area contributed by atoms with E-state index in [1.165, 1.54) is 4.90 Å². The Morgan fingerprint density at radius 1 is 0.907 bits per heavy atom. The molecule has 13 heteroatoms. The second kappa shape index (κ2) is 16.8. The second-order valence-corrected chi connectivity index (χ2v) is 14.4. The molecule has 2 fully saturated rings. The smallest absolute Gasteiger partial charge is 0.408 e. The number of aromatic nitrogens is 3. The first-order chi connectivity index (χ1) is 26.2. The van der Waals surface area contributed by atoms with Crippen LogP contribution in [0.4, 0.5) is 4.79 Å². The lowest BCUT2D eigenvalue weighted by atomic mass is 9.91. The first kappa shape index (κ1) is 37.0. The zero-order valence-electron chi connectivity index (χ0n) is 29.9. The predicted molar refractivity (Wildman–Crippen MR) is 200 cm³/mol. The van der Waals surface area contributed by atoms with Gasteiger partial charge in [-0.3, -0.25) is 14.5 Å². The van der Waals surface area contributed by atoms with E-state index in [1.54, 1.807) is 18.1 Å². The van der Waals surface area contributed by atoms with Crippen molar-refractivity contribution in [2.45, 2.75) is 62.8 Å². The number of thioether (sulfide) groups is 1. The lowest BCUT2D eigenvalue weighted by Gasteiger charge is -2.41. The van der Waals surface area contributed by atoms with E-state index in [-0.39, 0.29) is 50.2 Å². The summed E-state index contributed by atoms with van der Waals surface area (Å²) in [7, 11) is 1.91. The standard InChI is InChI=1S/C41H41N5O7S/c1-26-35(24-54-40-44-42-25-45(40)2)52-39(53-37(26)31-13-11-27(22-47)12-14-31)32-17-15-30(16-18-32)33-10-6-9-29(19-33)21-46-36(48)20-34(38(46)49)43-41(50)51-23-28-7-4-3-5-8-28/h3-19,25-26,34-35,37,39,47H,20-24H2,1-2H3,(H,43,50)/t26-,34?,35+,37+,39+/m1/s1. The van der Waals surface area contributed by atoms with Gasteiger partial charge in [0.2, 0.25) is 5.91 Å². The zero-order valence-corrected chi connectivity index (χ0v) is 30.7. The number of imide groups is 1. The van der Waals surface area contributed by atoms with Gasteiger partial charge in [0.05, 0.1) is 31.8 Å². The molecule has 5 aromatic rings. The number of aliphatic hydroxyl groups excluding tert-OH is 1. The maximum atomic E-state index is 13.2. The molecule has 5 atom stereocenters. The fraction of sp³-hybridized carbons (Fsp3) is 0.293. The Labute approximate surface area is 317 Å². The minimum atomic E-state index is -0.978. The summed E-state index contributed by atoms with van der Waals surface area (Å²) in [6.45, 7) is 2.24. The zero-order chi connectivity index (χ0) is 37.6. The molecule has 0 spiro atoms. The van der Waals surface area contributed by atoms with Gasteiger partial charge in [-0.1, -0.05) is 116 Å². The van der Waals surface area contributed by atoms with Crippen molar-refractivity contribution in [3.63, 3.8) is 0 Å². The van der Waals surface area contributed by atoms with Crippen LogP contribution in [-0.4, -0.2) is 60.6 Å². The fourth-order valence-electron chi connectivity index (χ4n) is 6.60. The van der Waals surface area contributed by atoms with Crippen LogP contribution in [0.5, 0.6) is 0 Å². The van der Waals surface area contributed by atoms with Crippen molar-refractivity contribution in [2.75, 3.05) is 5.75 Å². The number of nitrogens with one attached hydrogen (secondary N) is 1. The minimum Gasteiger partial charge on any atom is -0.445 e. The van der Waals surface area contributed by atoms with Gasteiger partial charge in [0.1, 0.15) is 19.0 Å². The Balaban J connectivity index is 1.01. The summed E-state index contributed by atoms with van der Waals surface area (Å²) in [4.78, 5) is 39.6. The number of hydrogen-bond donors (Lipinski definition) is 2. The van der Waals surface area contributed by atoms with Gasteiger partial charge in [-0.25, -0.2) is 4.79 Å². The van der Waals surface area contributed by atoms with Gasteiger partial charge in [-0.15, -0.1) is 10.2 Å². The van der Waals surface area contributed by atoms with Gasteiger partial charge in [0, 0.05) is 24.3 Å². The van der Waals surface area contributed by atoms with E-state index < -0.39 is 24.3 Å². The van der Waals surface area contributed by atoms with Crippen LogP contribution in [0.3, 0.4) is 0 Å². The van der Waals surface area contributed by atoms with Crippen molar-refractivity contribution >= 4 is 29.7 Å². The summed E-state index contributed by atoms with van der Waals surface area (Å²) < 4.78 is 20.4. The largest absolute Gasteiger partial charge is 0.445 e. The SMILES string of the molecule is C[C@@H]1[C@H](CSc2nncn2C)O[C@H](c2ccc(-c3cccc(CN4C(=O)CC(NC(=O)OCc5ccccc5)C4=O)c3)cc2)O[C@@H]1c1ccc(CO)cc1. The maximum absolute atomic E-state index is 13.2. The van der Waals surface area contributed by atoms with Gasteiger partial charge in [0.25, 0.3) is 5.91 Å². The van der Waals surface area contributed by atoms with E-state index in [0.717, 1.165) is 44.1 Å². The molecule has 1 unspecified atom stereocenters. The van der Waals surface area contributed by atoms with Crippen LogP contribution >= 0.6 is 11.8 Å². The number of benzene rings is 4. The monoisotopic (exact) mass is 747 g/mol. The average Bonchev–Trinajstić information content (AvgIpc) is 3.73. The summed E-state index contributed by atoms with van der Waals surface area (Å²) in [5.41, 5.74) is 6.15. The molecule has 3 amide bonds. The number of hydrogen-bond acceptors (Lipinski definition) is 10. The number of carbonyl (C=O) groups is 3. The van der Waals surface area contributed by atoms with E-state index in [0.29, 0.717) is 5.75 Å². The van der Waals surface area contributed by atoms with Crippen molar-refractivity contribution in [3.8, 4) is 11.1 Å². The van der Waals surface area contributed by atoms with E-state index in [9.17, 15) is 19.5 Å². The lowest BCUT2D eigenvalue weighted by molar-refractivity contribution is -0.268. The molecule has 3 heterocycles. The van der Waals surface area contributed by atoms with Gasteiger partial charge in [-0.2, -0.15) is 0 Å². The van der Waals surface area contributed by atoms with E-state index >= 15 is 0 Å². The van der Waals surface area contributed by atoms with Crippen LogP contribution < -0.4 is 5.32 Å². The number of aliphatic hydroxyl groups is 1. The molecular weight excluding hydrogens is 707 g/mol. The Kier molecular flexibility index (Phi) is 11.5. The third-order valence-electron chi connectivity index (χ3n) is 9.70. The Bertz CT molecular complexity index is 2080. The van der Waals surface area contributed by atoms with E-state index in [2.05, 4.69) is 22.4 Å². The summed E-state index contributed by atoms with van der Waals surface area (Å²) in [5, 5.41) is 21.1. The number of aryl methyl sites for hydroxylation is 1. The molecule has 0 radical (unpaired) electrons. The molecule has 0 bridgehead atoms. The van der Waals surface area contributed by atoms with Crippen molar-refractivity contribution in [3.05, 3.63) is 137 Å². The van der Waals surface area contributed by atoms with Gasteiger partial charge in [0.15, 0.2) is 11.4 Å². The molecule has 278 valence electrons. The highest BCUT2D eigenvalue weighted by molar-refractivity contribution is 7.99. The molecule has 0 saturated carbocycles. The Morgan fingerprint density at radius 3 is 2.37 bits per heavy atom. The topological polar surface area (TPSA) is 145 Å². The van der Waals surface area contributed by atoms with E-state index in [4.69, 9.17) is 14.2 Å². The fourth-order valence-corrected chi connectivity index (χ4v) is 7.65. The number of amides is 3. The van der Waals surface area contributed by atoms with Crippen LogP contribution in [0.25, 0.3) is 11.1 Å². The highest BCUT2D eigenvalue weighted by Crippen LogP contribution is 2.43.